The van der Waals surface area contributed by atoms with E-state index in [2.05, 4.69) is 61.7 Å². The largest absolute Gasteiger partial charge is 0.355 e. The molecule has 1 aromatic carbocycles. The third-order valence-electron chi connectivity index (χ3n) is 3.47. The highest BCUT2D eigenvalue weighted by Gasteiger charge is 2.44. The fraction of sp³-hybridized carbons (Fsp3) is 0.400. The van der Waals surface area contributed by atoms with Gasteiger partial charge >= 0.3 is 0 Å². The molecule has 2 rings (SSSR count). The van der Waals surface area contributed by atoms with Crippen LogP contribution < -0.4 is 10.6 Å². The van der Waals surface area contributed by atoms with Gasteiger partial charge in [0, 0.05) is 23.5 Å². The lowest BCUT2D eigenvalue weighted by Crippen LogP contribution is -2.41. The Labute approximate surface area is 123 Å². The second kappa shape index (κ2) is 6.12. The maximum Gasteiger partial charge on any atom is 0.191 e. The molecule has 0 radical (unpaired) electrons. The Morgan fingerprint density at radius 2 is 2.26 bits per heavy atom. The summed E-state index contributed by atoms with van der Waals surface area (Å²) in [5, 5.41) is 6.43. The lowest BCUT2D eigenvalue weighted by atomic mass is 9.96. The minimum absolute atomic E-state index is 0.248. The van der Waals surface area contributed by atoms with E-state index in [4.69, 9.17) is 6.42 Å². The number of guanidine groups is 1. The van der Waals surface area contributed by atoms with Gasteiger partial charge in [0.25, 0.3) is 0 Å². The third kappa shape index (κ3) is 3.51. The van der Waals surface area contributed by atoms with Gasteiger partial charge in [-0.1, -0.05) is 34.0 Å². The number of rotatable bonds is 4. The highest BCUT2D eigenvalue weighted by molar-refractivity contribution is 9.10. The summed E-state index contributed by atoms with van der Waals surface area (Å²) < 4.78 is 1.13. The molecule has 100 valence electrons. The van der Waals surface area contributed by atoms with Crippen molar-refractivity contribution < 1.29 is 0 Å². The van der Waals surface area contributed by atoms with Crippen molar-refractivity contribution in [3.8, 4) is 12.3 Å². The smallest absolute Gasteiger partial charge is 0.191 e. The molecule has 0 amide bonds. The van der Waals surface area contributed by atoms with Crippen molar-refractivity contribution in [2.75, 3.05) is 20.1 Å². The predicted octanol–water partition coefficient (Wildman–Crippen LogP) is 2.28. The van der Waals surface area contributed by atoms with Gasteiger partial charge in [0.05, 0.1) is 6.54 Å². The summed E-state index contributed by atoms with van der Waals surface area (Å²) in [7, 11) is 1.75. The summed E-state index contributed by atoms with van der Waals surface area (Å²) in [5.74, 6) is 3.31. The molecule has 0 unspecified atom stereocenters. The van der Waals surface area contributed by atoms with Crippen LogP contribution in [0, 0.1) is 12.3 Å². The number of nitrogens with one attached hydrogen (secondary N) is 2. The molecule has 0 spiro atoms. The Hall–Kier alpha value is -1.47. The van der Waals surface area contributed by atoms with Gasteiger partial charge in [0.1, 0.15) is 0 Å². The number of terminal acetylenes is 1. The maximum absolute atomic E-state index is 5.23. The van der Waals surface area contributed by atoms with E-state index in [0.717, 1.165) is 17.0 Å². The van der Waals surface area contributed by atoms with Gasteiger partial charge in [-0.2, -0.15) is 0 Å². The zero-order valence-corrected chi connectivity index (χ0v) is 12.6. The van der Waals surface area contributed by atoms with Crippen molar-refractivity contribution in [3.05, 3.63) is 34.3 Å². The first-order chi connectivity index (χ1) is 9.20. The second-order valence-electron chi connectivity index (χ2n) is 4.77. The standard InChI is InChI=1S/C15H18BrN3/c1-3-9-18-14(17-2)19-11-15(7-8-15)12-5-4-6-13(16)10-12/h1,4-6,10H,7-9,11H2,2H3,(H2,17,18,19). The topological polar surface area (TPSA) is 36.4 Å². The molecule has 1 aliphatic carbocycles. The van der Waals surface area contributed by atoms with Crippen LogP contribution in [0.15, 0.2) is 33.7 Å². The number of halogens is 1. The summed E-state index contributed by atoms with van der Waals surface area (Å²) in [6.07, 6.45) is 7.65. The first kappa shape index (κ1) is 14.0. The highest BCUT2D eigenvalue weighted by Crippen LogP contribution is 2.48. The van der Waals surface area contributed by atoms with Crippen LogP contribution in [-0.4, -0.2) is 26.1 Å². The Balaban J connectivity index is 1.97. The van der Waals surface area contributed by atoms with Crippen LogP contribution in [0.1, 0.15) is 18.4 Å². The number of benzene rings is 1. The lowest BCUT2D eigenvalue weighted by molar-refractivity contribution is 0.649. The van der Waals surface area contributed by atoms with Crippen LogP contribution in [0.2, 0.25) is 0 Å². The first-order valence-corrected chi connectivity index (χ1v) is 7.13. The Morgan fingerprint density at radius 1 is 1.47 bits per heavy atom. The Bertz CT molecular complexity index is 512. The van der Waals surface area contributed by atoms with Crippen molar-refractivity contribution in [3.63, 3.8) is 0 Å². The van der Waals surface area contributed by atoms with Crippen LogP contribution in [0.3, 0.4) is 0 Å². The molecule has 0 aliphatic heterocycles. The molecule has 2 N–H and O–H groups in total. The quantitative estimate of drug-likeness (QED) is 0.507. The van der Waals surface area contributed by atoms with Gasteiger partial charge < -0.3 is 10.6 Å². The number of hydrogen-bond donors (Lipinski definition) is 2. The molecule has 0 bridgehead atoms. The molecule has 4 heteroatoms. The average molecular weight is 320 g/mol. The van der Waals surface area contributed by atoms with Crippen molar-refractivity contribution >= 4 is 21.9 Å². The lowest BCUT2D eigenvalue weighted by Gasteiger charge is -2.18. The van der Waals surface area contributed by atoms with Crippen molar-refractivity contribution in [2.24, 2.45) is 4.99 Å². The first-order valence-electron chi connectivity index (χ1n) is 6.34. The fourth-order valence-electron chi connectivity index (χ4n) is 2.15. The second-order valence-corrected chi connectivity index (χ2v) is 5.69. The number of hydrogen-bond acceptors (Lipinski definition) is 1. The normalized spacial score (nSPS) is 16.6. The van der Waals surface area contributed by atoms with Gasteiger partial charge in [0.15, 0.2) is 5.96 Å². The van der Waals surface area contributed by atoms with E-state index in [1.54, 1.807) is 7.05 Å². The summed E-state index contributed by atoms with van der Waals surface area (Å²) in [4.78, 5) is 4.16. The SMILES string of the molecule is C#CCNC(=NC)NCC1(c2cccc(Br)c2)CC1. The van der Waals surface area contributed by atoms with Gasteiger partial charge in [-0.3, -0.25) is 4.99 Å². The molecule has 1 aromatic rings. The van der Waals surface area contributed by atoms with Crippen LogP contribution in [0.25, 0.3) is 0 Å². The maximum atomic E-state index is 5.23. The Morgan fingerprint density at radius 3 is 2.84 bits per heavy atom. The van der Waals surface area contributed by atoms with Gasteiger partial charge in [-0.05, 0) is 30.5 Å². The van der Waals surface area contributed by atoms with Gasteiger partial charge in [-0.25, -0.2) is 0 Å². The van der Waals surface area contributed by atoms with Crippen molar-refractivity contribution in [2.45, 2.75) is 18.3 Å². The molecule has 19 heavy (non-hydrogen) atoms. The van der Waals surface area contributed by atoms with E-state index in [-0.39, 0.29) is 5.41 Å². The monoisotopic (exact) mass is 319 g/mol. The van der Waals surface area contributed by atoms with E-state index in [0.29, 0.717) is 6.54 Å². The van der Waals surface area contributed by atoms with Crippen molar-refractivity contribution in [1.82, 2.24) is 10.6 Å². The van der Waals surface area contributed by atoms with Crippen LogP contribution in [0.4, 0.5) is 0 Å². The predicted molar refractivity (Wildman–Crippen MR) is 83.3 cm³/mol. The fourth-order valence-corrected chi connectivity index (χ4v) is 2.54. The molecule has 1 fully saturated rings. The third-order valence-corrected chi connectivity index (χ3v) is 3.96. The number of nitrogens with zero attached hydrogens (tertiary/aromatic N) is 1. The zero-order valence-electron chi connectivity index (χ0n) is 11.0. The molecular weight excluding hydrogens is 302 g/mol. The molecule has 1 saturated carbocycles. The van der Waals surface area contributed by atoms with E-state index in [9.17, 15) is 0 Å². The molecule has 0 aromatic heterocycles. The average Bonchev–Trinajstić information content (AvgIpc) is 3.20. The molecule has 0 atom stereocenters. The van der Waals surface area contributed by atoms with Gasteiger partial charge in [-0.15, -0.1) is 6.42 Å². The van der Waals surface area contributed by atoms with Crippen LogP contribution in [0.5, 0.6) is 0 Å². The van der Waals surface area contributed by atoms with E-state index >= 15 is 0 Å². The van der Waals surface area contributed by atoms with E-state index in [1.807, 2.05) is 0 Å². The summed E-state index contributed by atoms with van der Waals surface area (Å²) in [6.45, 7) is 1.37. The minimum Gasteiger partial charge on any atom is -0.355 e. The van der Waals surface area contributed by atoms with E-state index < -0.39 is 0 Å². The minimum atomic E-state index is 0.248. The zero-order chi connectivity index (χ0) is 13.7. The molecular formula is C15H18BrN3. The number of aliphatic imine (C=N–C) groups is 1. The molecule has 0 saturated heterocycles. The van der Waals surface area contributed by atoms with E-state index in [1.165, 1.54) is 18.4 Å². The summed E-state index contributed by atoms with van der Waals surface area (Å²) in [6, 6.07) is 8.54. The van der Waals surface area contributed by atoms with Crippen molar-refractivity contribution in [1.29, 1.82) is 0 Å². The molecule has 0 heterocycles. The van der Waals surface area contributed by atoms with Crippen LogP contribution in [-0.2, 0) is 5.41 Å². The Kier molecular flexibility index (Phi) is 4.49. The van der Waals surface area contributed by atoms with Crippen LogP contribution >= 0.6 is 15.9 Å². The molecule has 1 aliphatic rings. The highest BCUT2D eigenvalue weighted by atomic mass is 79.9. The van der Waals surface area contributed by atoms with Gasteiger partial charge in [0.2, 0.25) is 0 Å². The molecule has 3 nitrogen and oxygen atoms in total. The summed E-state index contributed by atoms with van der Waals surface area (Å²) in [5.41, 5.74) is 1.62. The summed E-state index contributed by atoms with van der Waals surface area (Å²) >= 11 is 3.53.